The van der Waals surface area contributed by atoms with E-state index in [2.05, 4.69) is 10.6 Å². The number of rotatable bonds is 6. The molecule has 0 aliphatic rings. The summed E-state index contributed by atoms with van der Waals surface area (Å²) in [4.78, 5) is 40.3. The first-order chi connectivity index (χ1) is 16.0. The van der Waals surface area contributed by atoms with Crippen LogP contribution in [0.3, 0.4) is 0 Å². The van der Waals surface area contributed by atoms with Gasteiger partial charge in [0.05, 0.1) is 11.4 Å². The number of nitrogen functional groups attached to an aromatic ring is 1. The molecule has 2 aromatic carbocycles. The Morgan fingerprint density at radius 2 is 1.74 bits per heavy atom. The molecule has 1 heterocycles. The topological polar surface area (TPSA) is 125 Å². The maximum absolute atomic E-state index is 13.0. The van der Waals surface area contributed by atoms with Crippen molar-refractivity contribution in [3.8, 4) is 10.4 Å². The van der Waals surface area contributed by atoms with Crippen LogP contribution in [0.15, 0.2) is 60.0 Å². The van der Waals surface area contributed by atoms with E-state index in [4.69, 9.17) is 5.73 Å². The van der Waals surface area contributed by atoms with Gasteiger partial charge in [-0.2, -0.15) is 0 Å². The van der Waals surface area contributed by atoms with Crippen LogP contribution in [0.1, 0.15) is 31.1 Å². The van der Waals surface area contributed by atoms with Gasteiger partial charge in [-0.25, -0.2) is 4.79 Å². The number of carbonyl (C=O) groups excluding carboxylic acids is 2. The van der Waals surface area contributed by atoms with Gasteiger partial charge in [0.25, 0.3) is 5.91 Å². The molecule has 3 rings (SSSR count). The Hall–Kier alpha value is -3.85. The van der Waals surface area contributed by atoms with Crippen molar-refractivity contribution in [1.82, 2.24) is 5.32 Å². The van der Waals surface area contributed by atoms with Crippen molar-refractivity contribution in [2.75, 3.05) is 23.0 Å². The molecule has 9 heteroatoms. The summed E-state index contributed by atoms with van der Waals surface area (Å²) in [5.41, 5.74) is 7.15. The molecule has 0 saturated heterocycles. The van der Waals surface area contributed by atoms with Crippen LogP contribution in [0.2, 0.25) is 0 Å². The van der Waals surface area contributed by atoms with Crippen LogP contribution in [0.4, 0.5) is 21.9 Å². The molecule has 0 aliphatic carbocycles. The largest absolute Gasteiger partial charge is 0.465 e. The standard InChI is InChI=1S/C25H28N4O4S/c1-25(2,3)21(23(31)27-4)29(24(32)33)19-12-9-16(20-6-5-13-34-20)14-18(19)28-22(30)15-7-10-17(26)11-8-15/h5-14,21H,26H2,1-4H3,(H,27,31)(H,28,30)(H,32,33). The van der Waals surface area contributed by atoms with Crippen LogP contribution < -0.4 is 21.3 Å². The maximum atomic E-state index is 13.0. The van der Waals surface area contributed by atoms with Crippen molar-refractivity contribution in [1.29, 1.82) is 0 Å². The lowest BCUT2D eigenvalue weighted by atomic mass is 9.84. The molecule has 1 unspecified atom stereocenters. The van der Waals surface area contributed by atoms with Crippen molar-refractivity contribution in [2.24, 2.45) is 5.41 Å². The Morgan fingerprint density at radius 1 is 1.06 bits per heavy atom. The first-order valence-electron chi connectivity index (χ1n) is 10.6. The molecule has 0 radical (unpaired) electrons. The number of carbonyl (C=O) groups is 3. The van der Waals surface area contributed by atoms with Crippen LogP contribution in [0, 0.1) is 5.41 Å². The van der Waals surface area contributed by atoms with Crippen molar-refractivity contribution in [2.45, 2.75) is 26.8 Å². The molecule has 0 saturated carbocycles. The highest BCUT2D eigenvalue weighted by Crippen LogP contribution is 2.37. The lowest BCUT2D eigenvalue weighted by molar-refractivity contribution is -0.124. The minimum atomic E-state index is -1.31. The zero-order valence-electron chi connectivity index (χ0n) is 19.5. The van der Waals surface area contributed by atoms with Gasteiger partial charge in [-0.1, -0.05) is 32.9 Å². The van der Waals surface area contributed by atoms with Gasteiger partial charge in [-0.3, -0.25) is 14.5 Å². The molecule has 34 heavy (non-hydrogen) atoms. The molecule has 0 bridgehead atoms. The third-order valence-corrected chi connectivity index (χ3v) is 6.18. The predicted octanol–water partition coefficient (Wildman–Crippen LogP) is 4.89. The number of likely N-dealkylation sites (N-methyl/N-ethyl adjacent to an activating group) is 1. The zero-order valence-corrected chi connectivity index (χ0v) is 20.3. The van der Waals surface area contributed by atoms with E-state index in [1.54, 1.807) is 63.2 Å². The van der Waals surface area contributed by atoms with Crippen LogP contribution in [-0.2, 0) is 4.79 Å². The lowest BCUT2D eigenvalue weighted by Crippen LogP contribution is -2.55. The number of anilines is 3. The van der Waals surface area contributed by atoms with Crippen LogP contribution >= 0.6 is 11.3 Å². The van der Waals surface area contributed by atoms with Crippen LogP contribution in [-0.4, -0.2) is 36.1 Å². The lowest BCUT2D eigenvalue weighted by Gasteiger charge is -2.37. The molecular weight excluding hydrogens is 452 g/mol. The number of amides is 3. The Balaban J connectivity index is 2.15. The molecule has 0 spiro atoms. The van der Waals surface area contributed by atoms with Crippen molar-refractivity contribution < 1.29 is 19.5 Å². The Labute approximate surface area is 202 Å². The number of nitrogens with one attached hydrogen (secondary N) is 2. The number of nitrogens with two attached hydrogens (primary N) is 1. The van der Waals surface area contributed by atoms with Crippen molar-refractivity contribution >= 4 is 46.3 Å². The van der Waals surface area contributed by atoms with E-state index in [0.717, 1.165) is 15.3 Å². The van der Waals surface area contributed by atoms with E-state index in [9.17, 15) is 19.5 Å². The van der Waals surface area contributed by atoms with Crippen LogP contribution in [0.25, 0.3) is 10.4 Å². The molecule has 0 fully saturated rings. The number of nitrogens with zero attached hydrogens (tertiary/aromatic N) is 1. The Bertz CT molecular complexity index is 1180. The van der Waals surface area contributed by atoms with Gasteiger partial charge in [0, 0.05) is 23.2 Å². The molecular formula is C25H28N4O4S. The van der Waals surface area contributed by atoms with Gasteiger partial charge in [-0.15, -0.1) is 11.3 Å². The minimum Gasteiger partial charge on any atom is -0.465 e. The SMILES string of the molecule is CNC(=O)C(N(C(=O)O)c1ccc(-c2cccs2)cc1NC(=O)c1ccc(N)cc1)C(C)(C)C. The Morgan fingerprint density at radius 3 is 2.26 bits per heavy atom. The molecule has 3 aromatic rings. The second-order valence-corrected chi connectivity index (χ2v) is 9.77. The Kier molecular flexibility index (Phi) is 7.26. The average molecular weight is 481 g/mol. The fourth-order valence-electron chi connectivity index (χ4n) is 3.66. The molecule has 0 aliphatic heterocycles. The van der Waals surface area contributed by atoms with E-state index in [1.807, 2.05) is 17.5 Å². The van der Waals surface area contributed by atoms with E-state index >= 15 is 0 Å². The second kappa shape index (κ2) is 9.96. The second-order valence-electron chi connectivity index (χ2n) is 8.82. The van der Waals surface area contributed by atoms with Crippen LogP contribution in [0.5, 0.6) is 0 Å². The number of hydrogen-bond donors (Lipinski definition) is 4. The summed E-state index contributed by atoms with van der Waals surface area (Å²) in [6.45, 7) is 5.36. The summed E-state index contributed by atoms with van der Waals surface area (Å²) in [7, 11) is 1.46. The predicted molar refractivity (Wildman–Crippen MR) is 136 cm³/mol. The summed E-state index contributed by atoms with van der Waals surface area (Å²) < 4.78 is 0. The van der Waals surface area contributed by atoms with E-state index in [0.29, 0.717) is 11.3 Å². The average Bonchev–Trinajstić information content (AvgIpc) is 3.31. The molecule has 3 amide bonds. The number of hydrogen-bond acceptors (Lipinski definition) is 5. The van der Waals surface area contributed by atoms with Gasteiger partial charge in [0.15, 0.2) is 0 Å². The summed E-state index contributed by atoms with van der Waals surface area (Å²) >= 11 is 1.52. The number of carboxylic acid groups (broad SMARTS) is 1. The molecule has 5 N–H and O–H groups in total. The molecule has 1 atom stereocenters. The molecule has 178 valence electrons. The van der Waals surface area contributed by atoms with Gasteiger partial charge < -0.3 is 21.5 Å². The first kappa shape index (κ1) is 24.8. The van der Waals surface area contributed by atoms with E-state index in [-0.39, 0.29) is 11.4 Å². The van der Waals surface area contributed by atoms with Gasteiger partial charge >= 0.3 is 6.09 Å². The summed E-state index contributed by atoms with van der Waals surface area (Å²) in [6, 6.07) is 14.3. The normalized spacial score (nSPS) is 12.0. The summed E-state index contributed by atoms with van der Waals surface area (Å²) in [5.74, 6) is -0.879. The highest BCUT2D eigenvalue weighted by atomic mass is 32.1. The zero-order chi connectivity index (χ0) is 25.0. The third-order valence-electron chi connectivity index (χ3n) is 5.26. The fourth-order valence-corrected chi connectivity index (χ4v) is 4.38. The summed E-state index contributed by atoms with van der Waals surface area (Å²) in [6.07, 6.45) is -1.31. The molecule has 8 nitrogen and oxygen atoms in total. The van der Waals surface area contributed by atoms with Gasteiger partial charge in [0.2, 0.25) is 5.91 Å². The first-order valence-corrected chi connectivity index (χ1v) is 11.5. The highest BCUT2D eigenvalue weighted by molar-refractivity contribution is 7.13. The third kappa shape index (κ3) is 5.37. The highest BCUT2D eigenvalue weighted by Gasteiger charge is 2.40. The quantitative estimate of drug-likeness (QED) is 0.374. The number of benzene rings is 2. The monoisotopic (exact) mass is 480 g/mol. The maximum Gasteiger partial charge on any atom is 0.412 e. The number of thiophene rings is 1. The van der Waals surface area contributed by atoms with Gasteiger partial charge in [-0.05, 0) is 58.8 Å². The smallest absolute Gasteiger partial charge is 0.412 e. The van der Waals surface area contributed by atoms with Crippen molar-refractivity contribution in [3.05, 3.63) is 65.5 Å². The fraction of sp³-hybridized carbons (Fsp3) is 0.240. The van der Waals surface area contributed by atoms with Crippen molar-refractivity contribution in [3.63, 3.8) is 0 Å². The summed E-state index contributed by atoms with van der Waals surface area (Å²) in [5, 5.41) is 17.5. The minimum absolute atomic E-state index is 0.195. The van der Waals surface area contributed by atoms with E-state index < -0.39 is 29.4 Å². The van der Waals surface area contributed by atoms with Gasteiger partial charge in [0.1, 0.15) is 6.04 Å². The molecule has 1 aromatic heterocycles. The van der Waals surface area contributed by atoms with E-state index in [1.165, 1.54) is 18.4 Å².